The average Bonchev–Trinajstić information content (AvgIpc) is 3.05. The fourth-order valence-electron chi connectivity index (χ4n) is 4.56. The van der Waals surface area contributed by atoms with Gasteiger partial charge in [-0.3, -0.25) is 9.79 Å². The molecule has 6 heteroatoms. The lowest BCUT2D eigenvalue weighted by Crippen LogP contribution is -2.46. The van der Waals surface area contributed by atoms with Crippen molar-refractivity contribution < 1.29 is 18.7 Å². The van der Waals surface area contributed by atoms with E-state index in [-0.39, 0.29) is 17.9 Å². The number of rotatable bonds is 6. The average molecular weight is 423 g/mol. The summed E-state index contributed by atoms with van der Waals surface area (Å²) in [6.45, 7) is 4.37. The van der Waals surface area contributed by atoms with E-state index in [1.54, 1.807) is 7.11 Å². The summed E-state index contributed by atoms with van der Waals surface area (Å²) in [5.41, 5.74) is 2.20. The summed E-state index contributed by atoms with van der Waals surface area (Å²) < 4.78 is 24.4. The number of halogens is 1. The topological polar surface area (TPSA) is 51.1 Å². The van der Waals surface area contributed by atoms with Gasteiger partial charge in [0.05, 0.1) is 37.7 Å². The molecule has 0 aromatic heterocycles. The zero-order chi connectivity index (χ0) is 22.0. The van der Waals surface area contributed by atoms with Crippen LogP contribution in [0.3, 0.4) is 0 Å². The second kappa shape index (κ2) is 8.53. The number of Topliss-reactive ketones (excluding diaryl/α,β-unsaturated/α-hetero) is 1. The molecule has 0 radical (unpaired) electrons. The molecule has 5 nitrogen and oxygen atoms in total. The van der Waals surface area contributed by atoms with Gasteiger partial charge in [0, 0.05) is 5.56 Å². The van der Waals surface area contributed by atoms with Gasteiger partial charge in [-0.05, 0) is 68.1 Å². The Morgan fingerprint density at radius 1 is 1.10 bits per heavy atom. The van der Waals surface area contributed by atoms with Gasteiger partial charge in [-0.15, -0.1) is 0 Å². The van der Waals surface area contributed by atoms with Gasteiger partial charge in [-0.25, -0.2) is 4.39 Å². The number of benzene rings is 2. The van der Waals surface area contributed by atoms with E-state index in [4.69, 9.17) is 14.5 Å². The number of allylic oxidation sites excluding steroid dienone is 1. The maximum Gasteiger partial charge on any atom is 0.186 e. The lowest BCUT2D eigenvalue weighted by Gasteiger charge is -2.40. The van der Waals surface area contributed by atoms with Crippen LogP contribution in [0.4, 0.5) is 4.39 Å². The van der Waals surface area contributed by atoms with Crippen LogP contribution in [0.25, 0.3) is 0 Å². The molecule has 0 bridgehead atoms. The van der Waals surface area contributed by atoms with Crippen LogP contribution < -0.4 is 9.47 Å². The highest BCUT2D eigenvalue weighted by molar-refractivity contribution is 6.14. The van der Waals surface area contributed by atoms with Gasteiger partial charge in [0.1, 0.15) is 23.0 Å². The molecule has 1 fully saturated rings. The molecule has 0 unspecified atom stereocenters. The van der Waals surface area contributed by atoms with Crippen molar-refractivity contribution in [1.82, 2.24) is 4.90 Å². The molecule has 0 N–H and O–H groups in total. The minimum atomic E-state index is -0.485. The largest absolute Gasteiger partial charge is 0.497 e. The first kappa shape index (κ1) is 21.1. The first-order valence-corrected chi connectivity index (χ1v) is 10.6. The summed E-state index contributed by atoms with van der Waals surface area (Å²) in [6.07, 6.45) is 4.96. The summed E-state index contributed by atoms with van der Waals surface area (Å²) in [4.78, 5) is 20.4. The Morgan fingerprint density at radius 3 is 2.45 bits per heavy atom. The predicted molar refractivity (Wildman–Crippen MR) is 118 cm³/mol. The fraction of sp³-hybridized carbons (Fsp3) is 0.360. The predicted octanol–water partition coefficient (Wildman–Crippen LogP) is 5.00. The van der Waals surface area contributed by atoms with E-state index >= 15 is 0 Å². The molecule has 1 saturated carbocycles. The van der Waals surface area contributed by atoms with Crippen molar-refractivity contribution in [1.29, 1.82) is 0 Å². The molecule has 2 aliphatic rings. The molecule has 1 aliphatic heterocycles. The number of ketones is 1. The zero-order valence-corrected chi connectivity index (χ0v) is 18.0. The number of aliphatic imine (C=N–C) groups is 1. The van der Waals surface area contributed by atoms with Crippen LogP contribution >= 0.6 is 0 Å². The van der Waals surface area contributed by atoms with Gasteiger partial charge in [0.2, 0.25) is 0 Å². The molecule has 162 valence electrons. The maximum atomic E-state index is 13.9. The number of methoxy groups -OCH3 is 2. The lowest BCUT2D eigenvalue weighted by molar-refractivity contribution is 0.0778. The van der Waals surface area contributed by atoms with E-state index in [0.717, 1.165) is 54.8 Å². The van der Waals surface area contributed by atoms with Crippen molar-refractivity contribution in [3.63, 3.8) is 0 Å². The van der Waals surface area contributed by atoms with Crippen LogP contribution in [-0.4, -0.2) is 42.8 Å². The van der Waals surface area contributed by atoms with Gasteiger partial charge in [-0.1, -0.05) is 13.0 Å². The van der Waals surface area contributed by atoms with Crippen molar-refractivity contribution in [2.45, 2.75) is 37.8 Å². The van der Waals surface area contributed by atoms with Crippen molar-refractivity contribution >= 4 is 11.5 Å². The molecule has 1 spiro atoms. The number of hydrogen-bond acceptors (Lipinski definition) is 5. The van der Waals surface area contributed by atoms with Crippen molar-refractivity contribution in [2.75, 3.05) is 20.8 Å². The van der Waals surface area contributed by atoms with Gasteiger partial charge in [0.25, 0.3) is 0 Å². The molecule has 0 atom stereocenters. The van der Waals surface area contributed by atoms with Crippen molar-refractivity contribution in [2.24, 2.45) is 4.99 Å². The first-order valence-electron chi connectivity index (χ1n) is 10.6. The van der Waals surface area contributed by atoms with Crippen molar-refractivity contribution in [3.8, 4) is 11.5 Å². The minimum absolute atomic E-state index is 0.0712. The summed E-state index contributed by atoms with van der Waals surface area (Å²) in [5.74, 6) is 0.455. The summed E-state index contributed by atoms with van der Waals surface area (Å²) in [5, 5.41) is 0. The van der Waals surface area contributed by atoms with E-state index in [0.29, 0.717) is 5.75 Å². The third-order valence-electron chi connectivity index (χ3n) is 6.20. The van der Waals surface area contributed by atoms with Gasteiger partial charge >= 0.3 is 0 Å². The number of carbonyl (C=O) groups excluding carboxylic acids is 1. The number of ether oxygens (including phenoxy) is 2. The molecule has 0 amide bonds. The second-order valence-corrected chi connectivity index (χ2v) is 8.03. The van der Waals surface area contributed by atoms with Crippen LogP contribution in [0.5, 0.6) is 11.5 Å². The Hall–Kier alpha value is -3.15. The highest BCUT2D eigenvalue weighted by Gasteiger charge is 2.45. The smallest absolute Gasteiger partial charge is 0.186 e. The maximum absolute atomic E-state index is 13.9. The molecule has 4 rings (SSSR count). The molecule has 2 aromatic rings. The van der Waals surface area contributed by atoms with Crippen LogP contribution in [0.2, 0.25) is 0 Å². The minimum Gasteiger partial charge on any atom is -0.497 e. The molecule has 2 aromatic carbocycles. The van der Waals surface area contributed by atoms with Gasteiger partial charge < -0.3 is 14.4 Å². The number of hydrogen-bond donors (Lipinski definition) is 0. The Morgan fingerprint density at radius 2 is 1.81 bits per heavy atom. The first-order chi connectivity index (χ1) is 15.0. The molecule has 1 aliphatic carbocycles. The molecular formula is C25H27FN2O3. The van der Waals surface area contributed by atoms with Crippen LogP contribution in [-0.2, 0) is 0 Å². The normalized spacial score (nSPS) is 17.6. The second-order valence-electron chi connectivity index (χ2n) is 8.03. The van der Waals surface area contributed by atoms with Crippen LogP contribution in [0, 0.1) is 5.82 Å². The monoisotopic (exact) mass is 422 g/mol. The van der Waals surface area contributed by atoms with E-state index in [9.17, 15) is 9.18 Å². The highest BCUT2D eigenvalue weighted by atomic mass is 19.1. The van der Waals surface area contributed by atoms with E-state index in [2.05, 4.69) is 6.58 Å². The zero-order valence-electron chi connectivity index (χ0n) is 18.0. The lowest BCUT2D eigenvalue weighted by atomic mass is 9.88. The number of carbonyl (C=O) groups is 1. The summed E-state index contributed by atoms with van der Waals surface area (Å²) in [7, 11) is 3.11. The third-order valence-corrected chi connectivity index (χ3v) is 6.20. The van der Waals surface area contributed by atoms with E-state index in [1.165, 1.54) is 25.3 Å². The number of nitrogens with zero attached hydrogens (tertiary/aromatic N) is 2. The summed E-state index contributed by atoms with van der Waals surface area (Å²) >= 11 is 0. The van der Waals surface area contributed by atoms with Crippen molar-refractivity contribution in [3.05, 3.63) is 71.7 Å². The standard InChI is InChI=1S/C25H27FN2O3/c1-17-24(18-7-10-20(30-2)11-8-18)27-25(13-5-4-6-14-25)28(17)16-22(29)21-15-19(26)9-12-23(21)31-3/h7-12,15H,1,4-6,13-14,16H2,2-3H3. The summed E-state index contributed by atoms with van der Waals surface area (Å²) in [6, 6.07) is 11.7. The van der Waals surface area contributed by atoms with Gasteiger partial charge in [0.15, 0.2) is 5.78 Å². The molecule has 0 saturated heterocycles. The quantitative estimate of drug-likeness (QED) is 0.615. The molecule has 31 heavy (non-hydrogen) atoms. The third kappa shape index (κ3) is 3.94. The van der Waals surface area contributed by atoms with Gasteiger partial charge in [-0.2, -0.15) is 0 Å². The Labute approximate surface area is 182 Å². The molecule has 1 heterocycles. The van der Waals surface area contributed by atoms with Crippen LogP contribution in [0.1, 0.15) is 48.0 Å². The highest BCUT2D eigenvalue weighted by Crippen LogP contribution is 2.43. The Bertz CT molecular complexity index is 1020. The van der Waals surface area contributed by atoms with E-state index in [1.807, 2.05) is 29.2 Å². The van der Waals surface area contributed by atoms with E-state index < -0.39 is 11.5 Å². The Balaban J connectivity index is 1.67. The SMILES string of the molecule is C=C1C(c2ccc(OC)cc2)=NC2(CCCCC2)N1CC(=O)c1cc(F)ccc1OC. The fourth-order valence-corrected chi connectivity index (χ4v) is 4.56. The van der Waals surface area contributed by atoms with Crippen LogP contribution in [0.15, 0.2) is 59.7 Å². The molecular weight excluding hydrogens is 395 g/mol. The Kier molecular flexibility index (Phi) is 5.81.